The Kier molecular flexibility index (Phi) is 4.37. The van der Waals surface area contributed by atoms with E-state index in [0.717, 1.165) is 13.2 Å². The number of rotatable bonds is 0. The summed E-state index contributed by atoms with van der Waals surface area (Å²) in [5, 5.41) is 0. The summed E-state index contributed by atoms with van der Waals surface area (Å²) >= 11 is 0. The molecule has 0 aromatic rings. The van der Waals surface area contributed by atoms with Crippen molar-refractivity contribution >= 4 is 23.1 Å². The molecule has 1 heterocycles. The summed E-state index contributed by atoms with van der Waals surface area (Å²) in [5.41, 5.74) is 0. The van der Waals surface area contributed by atoms with E-state index < -0.39 is 0 Å². The number of hydrogen-bond donors (Lipinski definition) is 0. The van der Waals surface area contributed by atoms with Gasteiger partial charge in [-0.05, 0) is 12.8 Å². The molecule has 0 radical (unpaired) electrons. The molecule has 1 aliphatic heterocycles. The van der Waals surface area contributed by atoms with E-state index in [1.165, 1.54) is 12.8 Å². The summed E-state index contributed by atoms with van der Waals surface area (Å²) in [6.45, 7) is 2.00. The van der Waals surface area contributed by atoms with Crippen molar-refractivity contribution in [3.05, 3.63) is 0 Å². The molecular weight excluding hydrogens is 88.3 g/mol. The Morgan fingerprint density at radius 1 is 1.00 bits per heavy atom. The fraction of sp³-hybridized carbons (Fsp3) is 1.00. The Hall–Kier alpha value is 0.726. The van der Waals surface area contributed by atoms with Gasteiger partial charge in [-0.1, -0.05) is 0 Å². The second-order valence-corrected chi connectivity index (χ2v) is 1.32. The molecule has 1 fully saturated rings. The minimum absolute atomic E-state index is 0. The SMILES string of the molecule is C1CCOC1.[Mg+2]. The second kappa shape index (κ2) is 3.90. The monoisotopic (exact) mass is 96.0 g/mol. The van der Waals surface area contributed by atoms with Crippen LogP contribution in [0.5, 0.6) is 0 Å². The molecule has 30 valence electrons. The van der Waals surface area contributed by atoms with Gasteiger partial charge in [0.2, 0.25) is 0 Å². The standard InChI is InChI=1S/C4H8O.Mg/c1-2-4-5-3-1;/h1-4H2;/q;+2. The Balaban J connectivity index is 0.000000250. The van der Waals surface area contributed by atoms with Gasteiger partial charge in [-0.25, -0.2) is 0 Å². The van der Waals surface area contributed by atoms with Crippen LogP contribution in [-0.2, 0) is 4.74 Å². The van der Waals surface area contributed by atoms with Crippen LogP contribution in [0.2, 0.25) is 0 Å². The quantitative estimate of drug-likeness (QED) is 0.397. The van der Waals surface area contributed by atoms with Gasteiger partial charge >= 0.3 is 23.1 Å². The molecule has 1 aliphatic rings. The maximum atomic E-state index is 4.94. The van der Waals surface area contributed by atoms with E-state index in [9.17, 15) is 0 Å². The van der Waals surface area contributed by atoms with Crippen LogP contribution in [0.25, 0.3) is 0 Å². The zero-order valence-electron chi connectivity index (χ0n) is 3.94. The van der Waals surface area contributed by atoms with Gasteiger partial charge in [0, 0.05) is 13.2 Å². The van der Waals surface area contributed by atoms with E-state index in [-0.39, 0.29) is 23.1 Å². The van der Waals surface area contributed by atoms with Gasteiger partial charge in [0.05, 0.1) is 0 Å². The molecule has 1 nitrogen and oxygen atoms in total. The van der Waals surface area contributed by atoms with Crippen LogP contribution in [0.3, 0.4) is 0 Å². The third-order valence-corrected chi connectivity index (χ3v) is 0.827. The molecule has 0 aromatic heterocycles. The van der Waals surface area contributed by atoms with Crippen molar-refractivity contribution in [2.24, 2.45) is 0 Å². The summed E-state index contributed by atoms with van der Waals surface area (Å²) in [6.07, 6.45) is 2.56. The third-order valence-electron chi connectivity index (χ3n) is 0.827. The average molecular weight is 96.4 g/mol. The Morgan fingerprint density at radius 3 is 1.67 bits per heavy atom. The topological polar surface area (TPSA) is 9.23 Å². The van der Waals surface area contributed by atoms with Gasteiger partial charge in [0.25, 0.3) is 0 Å². The predicted octanol–water partition coefficient (Wildman–Crippen LogP) is 0.416. The molecule has 0 atom stereocenters. The first-order valence-corrected chi connectivity index (χ1v) is 2.08. The molecule has 1 saturated heterocycles. The molecule has 6 heavy (non-hydrogen) atoms. The fourth-order valence-electron chi connectivity index (χ4n) is 0.510. The summed E-state index contributed by atoms with van der Waals surface area (Å²) in [5.74, 6) is 0. The molecule has 0 saturated carbocycles. The maximum absolute atomic E-state index is 4.94. The van der Waals surface area contributed by atoms with E-state index in [1.807, 2.05) is 0 Å². The normalized spacial score (nSPS) is 20.0. The minimum atomic E-state index is 0. The number of hydrogen-bond acceptors (Lipinski definition) is 1. The van der Waals surface area contributed by atoms with Crippen LogP contribution in [0, 0.1) is 0 Å². The summed E-state index contributed by atoms with van der Waals surface area (Å²) < 4.78 is 4.94. The van der Waals surface area contributed by atoms with E-state index in [4.69, 9.17) is 4.74 Å². The zero-order valence-corrected chi connectivity index (χ0v) is 5.36. The second-order valence-electron chi connectivity index (χ2n) is 1.32. The Bertz CT molecular complexity index is 19.1. The fourth-order valence-corrected chi connectivity index (χ4v) is 0.510. The smallest absolute Gasteiger partial charge is 0.381 e. The molecule has 1 rings (SSSR count). The van der Waals surface area contributed by atoms with E-state index in [1.54, 1.807) is 0 Å². The molecule has 0 aliphatic carbocycles. The molecule has 0 bridgehead atoms. The molecular formula is C4H8MgO+2. The van der Waals surface area contributed by atoms with Crippen molar-refractivity contribution in [3.63, 3.8) is 0 Å². The minimum Gasteiger partial charge on any atom is -0.381 e. The van der Waals surface area contributed by atoms with Gasteiger partial charge in [-0.2, -0.15) is 0 Å². The Labute approximate surface area is 54.2 Å². The zero-order chi connectivity index (χ0) is 3.54. The molecule has 0 amide bonds. The third kappa shape index (κ3) is 2.00. The van der Waals surface area contributed by atoms with Crippen molar-refractivity contribution in [2.45, 2.75) is 12.8 Å². The molecule has 2 heteroatoms. The van der Waals surface area contributed by atoms with Gasteiger partial charge in [0.1, 0.15) is 0 Å². The van der Waals surface area contributed by atoms with Gasteiger partial charge < -0.3 is 4.74 Å². The van der Waals surface area contributed by atoms with E-state index in [2.05, 4.69) is 0 Å². The summed E-state index contributed by atoms with van der Waals surface area (Å²) in [4.78, 5) is 0. The van der Waals surface area contributed by atoms with Gasteiger partial charge in [-0.15, -0.1) is 0 Å². The first-order valence-electron chi connectivity index (χ1n) is 2.08. The van der Waals surface area contributed by atoms with Crippen LogP contribution in [0.1, 0.15) is 12.8 Å². The van der Waals surface area contributed by atoms with Crippen molar-refractivity contribution < 1.29 is 4.74 Å². The number of ether oxygens (including phenoxy) is 1. The van der Waals surface area contributed by atoms with E-state index in [0.29, 0.717) is 0 Å². The molecule has 0 aromatic carbocycles. The van der Waals surface area contributed by atoms with Crippen molar-refractivity contribution in [1.82, 2.24) is 0 Å². The molecule has 0 spiro atoms. The van der Waals surface area contributed by atoms with Crippen molar-refractivity contribution in [2.75, 3.05) is 13.2 Å². The first-order chi connectivity index (χ1) is 2.50. The molecule has 0 N–H and O–H groups in total. The van der Waals surface area contributed by atoms with Crippen LogP contribution in [0.4, 0.5) is 0 Å². The van der Waals surface area contributed by atoms with Crippen molar-refractivity contribution in [3.8, 4) is 0 Å². The van der Waals surface area contributed by atoms with Crippen LogP contribution in [-0.4, -0.2) is 36.3 Å². The summed E-state index contributed by atoms with van der Waals surface area (Å²) in [6, 6.07) is 0. The van der Waals surface area contributed by atoms with Crippen LogP contribution >= 0.6 is 0 Å². The van der Waals surface area contributed by atoms with Crippen molar-refractivity contribution in [1.29, 1.82) is 0 Å². The van der Waals surface area contributed by atoms with Gasteiger partial charge in [0.15, 0.2) is 0 Å². The maximum Gasteiger partial charge on any atom is 2.00 e. The average Bonchev–Trinajstić information content (AvgIpc) is 1.76. The first kappa shape index (κ1) is 6.73. The largest absolute Gasteiger partial charge is 2.00 e. The van der Waals surface area contributed by atoms with Crippen LogP contribution < -0.4 is 0 Å². The summed E-state index contributed by atoms with van der Waals surface area (Å²) in [7, 11) is 0. The Morgan fingerprint density at radius 2 is 1.50 bits per heavy atom. The predicted molar refractivity (Wildman–Crippen MR) is 25.8 cm³/mol. The van der Waals surface area contributed by atoms with Gasteiger partial charge in [-0.3, -0.25) is 0 Å². The van der Waals surface area contributed by atoms with E-state index >= 15 is 0 Å². The molecule has 0 unspecified atom stereocenters. The van der Waals surface area contributed by atoms with Crippen LogP contribution in [0.15, 0.2) is 0 Å².